The second-order valence-electron chi connectivity index (χ2n) is 3.89. The number of hydrazine groups is 1. The van der Waals surface area contributed by atoms with Crippen molar-refractivity contribution in [1.29, 1.82) is 0 Å². The van der Waals surface area contributed by atoms with E-state index in [1.54, 1.807) is 22.7 Å². The highest BCUT2D eigenvalue weighted by molar-refractivity contribution is 9.11. The molecule has 2 heterocycles. The number of thiophene rings is 1. The summed E-state index contributed by atoms with van der Waals surface area (Å²) >= 11 is 6.94. The minimum absolute atomic E-state index is 0.131. The van der Waals surface area contributed by atoms with E-state index in [1.807, 2.05) is 6.92 Å². The molecule has 0 aliphatic heterocycles. The summed E-state index contributed by atoms with van der Waals surface area (Å²) < 4.78 is 1.17. The first kappa shape index (κ1) is 13.2. The molecule has 0 aromatic carbocycles. The molecule has 6 heteroatoms. The van der Waals surface area contributed by atoms with Crippen molar-refractivity contribution < 1.29 is 0 Å². The van der Waals surface area contributed by atoms with E-state index in [0.29, 0.717) is 0 Å². The number of nitrogens with one attached hydrogen (secondary N) is 1. The van der Waals surface area contributed by atoms with E-state index in [9.17, 15) is 0 Å². The fourth-order valence-corrected chi connectivity index (χ4v) is 3.86. The summed E-state index contributed by atoms with van der Waals surface area (Å²) in [7, 11) is 0. The minimum Gasteiger partial charge on any atom is -0.271 e. The molecule has 0 saturated carbocycles. The molecule has 92 valence electrons. The Balaban J connectivity index is 2.16. The molecule has 0 aliphatic carbocycles. The van der Waals surface area contributed by atoms with Crippen LogP contribution in [0.4, 0.5) is 0 Å². The predicted molar refractivity (Wildman–Crippen MR) is 77.4 cm³/mol. The minimum atomic E-state index is 0.131. The zero-order valence-corrected chi connectivity index (χ0v) is 12.9. The van der Waals surface area contributed by atoms with Crippen LogP contribution < -0.4 is 11.3 Å². The Bertz CT molecular complexity index is 487. The molecule has 2 aromatic heterocycles. The molecule has 0 saturated heterocycles. The summed E-state index contributed by atoms with van der Waals surface area (Å²) in [4.78, 5) is 5.71. The lowest BCUT2D eigenvalue weighted by Crippen LogP contribution is -2.29. The largest absolute Gasteiger partial charge is 0.271 e. The number of rotatable bonds is 4. The fraction of sp³-hybridized carbons (Fsp3) is 0.364. The molecular formula is C11H14BrN3S2. The van der Waals surface area contributed by atoms with E-state index in [-0.39, 0.29) is 6.04 Å². The quantitative estimate of drug-likeness (QED) is 0.667. The van der Waals surface area contributed by atoms with Crippen molar-refractivity contribution in [1.82, 2.24) is 10.4 Å². The third-order valence-corrected chi connectivity index (χ3v) is 5.57. The van der Waals surface area contributed by atoms with Crippen molar-refractivity contribution in [2.45, 2.75) is 26.3 Å². The molecule has 0 radical (unpaired) electrons. The van der Waals surface area contributed by atoms with Gasteiger partial charge in [0.1, 0.15) is 0 Å². The normalized spacial score (nSPS) is 12.9. The van der Waals surface area contributed by atoms with Crippen LogP contribution in [0.5, 0.6) is 0 Å². The number of hydrogen-bond donors (Lipinski definition) is 2. The zero-order valence-electron chi connectivity index (χ0n) is 9.66. The Morgan fingerprint density at radius 2 is 2.29 bits per heavy atom. The zero-order chi connectivity index (χ0) is 12.4. The highest BCUT2D eigenvalue weighted by Crippen LogP contribution is 2.32. The van der Waals surface area contributed by atoms with Crippen LogP contribution in [0.15, 0.2) is 15.2 Å². The van der Waals surface area contributed by atoms with Crippen LogP contribution in [-0.2, 0) is 6.42 Å². The van der Waals surface area contributed by atoms with Gasteiger partial charge in [-0.25, -0.2) is 4.98 Å². The number of nitrogens with two attached hydrogens (primary N) is 1. The van der Waals surface area contributed by atoms with Crippen molar-refractivity contribution in [3.63, 3.8) is 0 Å². The molecule has 1 atom stereocenters. The number of halogens is 1. The lowest BCUT2D eigenvalue weighted by atomic mass is 10.1. The maximum Gasteiger partial charge on any atom is 0.0897 e. The second-order valence-corrected chi connectivity index (χ2v) is 7.35. The summed E-state index contributed by atoms with van der Waals surface area (Å²) in [6.45, 7) is 4.11. The van der Waals surface area contributed by atoms with E-state index >= 15 is 0 Å². The molecule has 2 rings (SSSR count). The Morgan fingerprint density at radius 1 is 1.53 bits per heavy atom. The number of thiazole rings is 1. The van der Waals surface area contributed by atoms with Gasteiger partial charge in [0.2, 0.25) is 0 Å². The maximum absolute atomic E-state index is 5.64. The lowest BCUT2D eigenvalue weighted by molar-refractivity contribution is 0.555. The van der Waals surface area contributed by atoms with E-state index in [2.05, 4.69) is 44.7 Å². The lowest BCUT2D eigenvalue weighted by Gasteiger charge is -2.12. The molecule has 3 nitrogen and oxygen atoms in total. The van der Waals surface area contributed by atoms with Crippen molar-refractivity contribution in [2.24, 2.45) is 5.84 Å². The first-order valence-electron chi connectivity index (χ1n) is 5.23. The highest BCUT2D eigenvalue weighted by atomic mass is 79.9. The summed E-state index contributed by atoms with van der Waals surface area (Å²) in [5, 5.41) is 3.19. The molecule has 0 bridgehead atoms. The number of nitrogens with zero attached hydrogens (tertiary/aromatic N) is 1. The number of aryl methyl sites for hydroxylation is 2. The molecule has 2 aromatic rings. The van der Waals surface area contributed by atoms with Crippen LogP contribution in [0.2, 0.25) is 0 Å². The van der Waals surface area contributed by atoms with E-state index in [0.717, 1.165) is 17.1 Å². The second kappa shape index (κ2) is 5.58. The van der Waals surface area contributed by atoms with Gasteiger partial charge in [0.15, 0.2) is 0 Å². The van der Waals surface area contributed by atoms with Crippen molar-refractivity contribution >= 4 is 38.6 Å². The predicted octanol–water partition coefficient (Wildman–Crippen LogP) is 3.33. The van der Waals surface area contributed by atoms with Crippen LogP contribution in [-0.4, -0.2) is 4.98 Å². The monoisotopic (exact) mass is 331 g/mol. The topological polar surface area (TPSA) is 50.9 Å². The summed E-state index contributed by atoms with van der Waals surface area (Å²) in [5.41, 5.74) is 5.22. The van der Waals surface area contributed by atoms with Crippen LogP contribution in [0.1, 0.15) is 27.2 Å². The van der Waals surface area contributed by atoms with Gasteiger partial charge in [-0.05, 0) is 41.4 Å². The molecule has 1 unspecified atom stereocenters. The standard InChI is InChI=1S/C11H14BrN3S2/c1-6-3-10(17-11(6)12)9(15-13)4-8-5-16-7(2)14-8/h3,5,9,15H,4,13H2,1-2H3. The summed E-state index contributed by atoms with van der Waals surface area (Å²) in [5.74, 6) is 5.64. The Kier molecular flexibility index (Phi) is 4.32. The maximum atomic E-state index is 5.64. The molecular weight excluding hydrogens is 318 g/mol. The SMILES string of the molecule is Cc1nc(CC(NN)c2cc(C)c(Br)s2)cs1. The smallest absolute Gasteiger partial charge is 0.0897 e. The van der Waals surface area contributed by atoms with Crippen LogP contribution in [0, 0.1) is 13.8 Å². The van der Waals surface area contributed by atoms with Gasteiger partial charge in [0.25, 0.3) is 0 Å². The Labute approximate surface area is 117 Å². The molecule has 0 amide bonds. The third kappa shape index (κ3) is 3.14. The Hall–Kier alpha value is -0.270. The van der Waals surface area contributed by atoms with Gasteiger partial charge in [0.05, 0.1) is 20.5 Å². The fourth-order valence-electron chi connectivity index (χ4n) is 1.61. The van der Waals surface area contributed by atoms with E-state index in [4.69, 9.17) is 5.84 Å². The van der Waals surface area contributed by atoms with Crippen molar-refractivity contribution in [3.05, 3.63) is 36.4 Å². The third-order valence-electron chi connectivity index (χ3n) is 2.50. The first-order valence-corrected chi connectivity index (χ1v) is 7.72. The van der Waals surface area contributed by atoms with Gasteiger partial charge in [-0.2, -0.15) is 0 Å². The van der Waals surface area contributed by atoms with Crippen LogP contribution >= 0.6 is 38.6 Å². The van der Waals surface area contributed by atoms with Gasteiger partial charge in [0, 0.05) is 16.7 Å². The van der Waals surface area contributed by atoms with Gasteiger partial charge >= 0.3 is 0 Å². The summed E-state index contributed by atoms with van der Waals surface area (Å²) in [6.07, 6.45) is 0.827. The molecule has 0 aliphatic rings. The van der Waals surface area contributed by atoms with E-state index in [1.165, 1.54) is 14.2 Å². The van der Waals surface area contributed by atoms with Gasteiger partial charge in [-0.1, -0.05) is 0 Å². The van der Waals surface area contributed by atoms with Gasteiger partial charge < -0.3 is 0 Å². The highest BCUT2D eigenvalue weighted by Gasteiger charge is 2.15. The van der Waals surface area contributed by atoms with Crippen LogP contribution in [0.25, 0.3) is 0 Å². The van der Waals surface area contributed by atoms with Crippen LogP contribution in [0.3, 0.4) is 0 Å². The average Bonchev–Trinajstić information content (AvgIpc) is 2.83. The van der Waals surface area contributed by atoms with E-state index < -0.39 is 0 Å². The van der Waals surface area contributed by atoms with Crippen molar-refractivity contribution in [2.75, 3.05) is 0 Å². The average molecular weight is 332 g/mol. The number of hydrogen-bond acceptors (Lipinski definition) is 5. The van der Waals surface area contributed by atoms with Crippen molar-refractivity contribution in [3.8, 4) is 0 Å². The molecule has 3 N–H and O–H groups in total. The Morgan fingerprint density at radius 3 is 2.76 bits per heavy atom. The van der Waals surface area contributed by atoms with Gasteiger partial charge in [-0.3, -0.25) is 11.3 Å². The number of aromatic nitrogens is 1. The molecule has 0 spiro atoms. The van der Waals surface area contributed by atoms with Gasteiger partial charge in [-0.15, -0.1) is 22.7 Å². The summed E-state index contributed by atoms with van der Waals surface area (Å²) in [6, 6.07) is 2.30. The first-order chi connectivity index (χ1) is 8.10. The molecule has 17 heavy (non-hydrogen) atoms. The molecule has 0 fully saturated rings.